The van der Waals surface area contributed by atoms with Crippen molar-refractivity contribution in [3.8, 4) is 0 Å². The van der Waals surface area contributed by atoms with Crippen molar-refractivity contribution < 1.29 is 4.42 Å². The van der Waals surface area contributed by atoms with E-state index in [0.717, 1.165) is 23.2 Å². The quantitative estimate of drug-likeness (QED) is 0.779. The minimum Gasteiger partial charge on any atom is -0.466 e. The molecule has 0 fully saturated rings. The van der Waals surface area contributed by atoms with E-state index < -0.39 is 0 Å². The van der Waals surface area contributed by atoms with Gasteiger partial charge in [0, 0.05) is 0 Å². The molecule has 2 nitrogen and oxygen atoms in total. The maximum atomic E-state index is 5.65. The summed E-state index contributed by atoms with van der Waals surface area (Å²) in [7, 11) is 0. The summed E-state index contributed by atoms with van der Waals surface area (Å²) in [6, 6.07) is 10.8. The van der Waals surface area contributed by atoms with Crippen LogP contribution in [0.3, 0.4) is 0 Å². The molecule has 0 bridgehead atoms. The van der Waals surface area contributed by atoms with Gasteiger partial charge in [0.1, 0.15) is 5.76 Å². The molecule has 0 aliphatic rings. The lowest BCUT2D eigenvalue weighted by Crippen LogP contribution is -2.23. The summed E-state index contributed by atoms with van der Waals surface area (Å²) in [5, 5.41) is 3.55. The number of halogens is 1. The fourth-order valence-electron chi connectivity index (χ4n) is 2.24. The lowest BCUT2D eigenvalue weighted by molar-refractivity contribution is 0.444. The highest BCUT2D eigenvalue weighted by Gasteiger charge is 2.19. The zero-order valence-electron chi connectivity index (χ0n) is 12.3. The molecule has 0 aliphatic carbocycles. The van der Waals surface area contributed by atoms with Crippen molar-refractivity contribution in [3.05, 3.63) is 58.0 Å². The van der Waals surface area contributed by atoms with Gasteiger partial charge in [0.05, 0.1) is 16.8 Å². The summed E-state index contributed by atoms with van der Waals surface area (Å²) in [5.74, 6) is 1.50. The van der Waals surface area contributed by atoms with Crippen molar-refractivity contribution in [2.75, 3.05) is 6.54 Å². The van der Waals surface area contributed by atoms with E-state index in [1.165, 1.54) is 11.1 Å². The summed E-state index contributed by atoms with van der Waals surface area (Å²) < 4.78 is 6.66. The van der Waals surface area contributed by atoms with Crippen molar-refractivity contribution in [2.45, 2.75) is 39.2 Å². The van der Waals surface area contributed by atoms with Gasteiger partial charge in [0.2, 0.25) is 0 Å². The zero-order chi connectivity index (χ0) is 14.5. The third-order valence-electron chi connectivity index (χ3n) is 3.44. The van der Waals surface area contributed by atoms with E-state index in [-0.39, 0.29) is 6.04 Å². The van der Waals surface area contributed by atoms with Crippen LogP contribution >= 0.6 is 15.9 Å². The van der Waals surface area contributed by atoms with E-state index in [2.05, 4.69) is 66.3 Å². The number of furan rings is 1. The van der Waals surface area contributed by atoms with Crippen molar-refractivity contribution >= 4 is 15.9 Å². The second-order valence-corrected chi connectivity index (χ2v) is 6.20. The average molecular weight is 336 g/mol. The molecule has 108 valence electrons. The monoisotopic (exact) mass is 335 g/mol. The van der Waals surface area contributed by atoms with Crippen molar-refractivity contribution in [1.82, 2.24) is 5.32 Å². The molecule has 0 spiro atoms. The Morgan fingerprint density at radius 2 is 1.75 bits per heavy atom. The number of hydrogen-bond donors (Lipinski definition) is 1. The van der Waals surface area contributed by atoms with Gasteiger partial charge in [0.25, 0.3) is 0 Å². The number of rotatable bonds is 6. The zero-order valence-corrected chi connectivity index (χ0v) is 13.9. The van der Waals surface area contributed by atoms with E-state index >= 15 is 0 Å². The number of benzene rings is 1. The fraction of sp³-hybridized carbons (Fsp3) is 0.412. The first kappa shape index (κ1) is 15.3. The van der Waals surface area contributed by atoms with E-state index in [1.54, 1.807) is 6.26 Å². The highest BCUT2D eigenvalue weighted by molar-refractivity contribution is 9.10. The van der Waals surface area contributed by atoms with Gasteiger partial charge in [-0.2, -0.15) is 0 Å². The normalized spacial score (nSPS) is 12.8. The second kappa shape index (κ2) is 7.09. The van der Waals surface area contributed by atoms with Crippen LogP contribution in [-0.4, -0.2) is 6.54 Å². The molecule has 3 heteroatoms. The molecule has 1 aromatic carbocycles. The van der Waals surface area contributed by atoms with Gasteiger partial charge in [-0.25, -0.2) is 0 Å². The van der Waals surface area contributed by atoms with E-state index in [0.29, 0.717) is 5.92 Å². The topological polar surface area (TPSA) is 25.2 Å². The average Bonchev–Trinajstić information content (AvgIpc) is 2.86. The lowest BCUT2D eigenvalue weighted by atomic mass is 9.98. The summed E-state index contributed by atoms with van der Waals surface area (Å²) in [4.78, 5) is 0. The summed E-state index contributed by atoms with van der Waals surface area (Å²) in [5.41, 5.74) is 2.60. The molecule has 1 aromatic heterocycles. The van der Waals surface area contributed by atoms with E-state index in [9.17, 15) is 0 Å². The highest BCUT2D eigenvalue weighted by Crippen LogP contribution is 2.30. The van der Waals surface area contributed by atoms with Crippen LogP contribution in [0.1, 0.15) is 56.0 Å². The van der Waals surface area contributed by atoms with Gasteiger partial charge in [-0.1, -0.05) is 45.0 Å². The Kier molecular flexibility index (Phi) is 5.44. The maximum Gasteiger partial charge on any atom is 0.139 e. The molecule has 1 unspecified atom stereocenters. The van der Waals surface area contributed by atoms with Gasteiger partial charge in [0.15, 0.2) is 0 Å². The van der Waals surface area contributed by atoms with Gasteiger partial charge < -0.3 is 9.73 Å². The van der Waals surface area contributed by atoms with Crippen molar-refractivity contribution in [1.29, 1.82) is 0 Å². The minimum absolute atomic E-state index is 0.0977. The van der Waals surface area contributed by atoms with Gasteiger partial charge in [-0.05, 0) is 52.0 Å². The molecule has 1 atom stereocenters. The summed E-state index contributed by atoms with van der Waals surface area (Å²) >= 11 is 3.56. The smallest absolute Gasteiger partial charge is 0.139 e. The van der Waals surface area contributed by atoms with Crippen LogP contribution in [-0.2, 0) is 0 Å². The van der Waals surface area contributed by atoms with Gasteiger partial charge in [-0.15, -0.1) is 0 Å². The SMILES string of the molecule is CCCNC(c1ccc(C(C)C)cc1)c1occc1Br. The minimum atomic E-state index is 0.0977. The first-order valence-electron chi connectivity index (χ1n) is 7.19. The number of hydrogen-bond acceptors (Lipinski definition) is 2. The highest BCUT2D eigenvalue weighted by atomic mass is 79.9. The van der Waals surface area contributed by atoms with Crippen LogP contribution in [0.5, 0.6) is 0 Å². The molecular formula is C17H22BrNO. The Labute approximate surface area is 129 Å². The largest absolute Gasteiger partial charge is 0.466 e. The Balaban J connectivity index is 2.29. The molecule has 1 N–H and O–H groups in total. The van der Waals surface area contributed by atoms with Crippen LogP contribution < -0.4 is 5.32 Å². The van der Waals surface area contributed by atoms with Crippen LogP contribution in [0.2, 0.25) is 0 Å². The molecule has 0 saturated carbocycles. The van der Waals surface area contributed by atoms with Gasteiger partial charge >= 0.3 is 0 Å². The molecular weight excluding hydrogens is 314 g/mol. The van der Waals surface area contributed by atoms with Crippen LogP contribution in [0.25, 0.3) is 0 Å². The standard InChI is InChI=1S/C17H22BrNO/c1-4-10-19-16(17-15(18)9-11-20-17)14-7-5-13(6-8-14)12(2)3/h5-9,11-12,16,19H,4,10H2,1-3H3. The van der Waals surface area contributed by atoms with Crippen molar-refractivity contribution in [3.63, 3.8) is 0 Å². The van der Waals surface area contributed by atoms with Gasteiger partial charge in [-0.3, -0.25) is 0 Å². The van der Waals surface area contributed by atoms with Crippen molar-refractivity contribution in [2.24, 2.45) is 0 Å². The van der Waals surface area contributed by atoms with Crippen LogP contribution in [0.4, 0.5) is 0 Å². The molecule has 2 rings (SSSR count). The molecule has 0 aliphatic heterocycles. The summed E-state index contributed by atoms with van der Waals surface area (Å²) in [6.45, 7) is 7.56. The third-order valence-corrected chi connectivity index (χ3v) is 4.10. The Morgan fingerprint density at radius 3 is 2.25 bits per heavy atom. The predicted octanol–water partition coefficient (Wildman–Crippen LogP) is 5.25. The Bertz CT molecular complexity index is 530. The second-order valence-electron chi connectivity index (χ2n) is 5.34. The Hall–Kier alpha value is -1.06. The molecule has 1 heterocycles. The van der Waals surface area contributed by atoms with E-state index in [1.807, 2.05) is 6.07 Å². The third kappa shape index (κ3) is 3.53. The van der Waals surface area contributed by atoms with E-state index in [4.69, 9.17) is 4.42 Å². The molecule has 0 amide bonds. The predicted molar refractivity (Wildman–Crippen MR) is 87.1 cm³/mol. The lowest BCUT2D eigenvalue weighted by Gasteiger charge is -2.18. The van der Waals surface area contributed by atoms with Crippen LogP contribution in [0.15, 0.2) is 45.5 Å². The molecule has 2 aromatic rings. The molecule has 0 saturated heterocycles. The number of nitrogens with one attached hydrogen (secondary N) is 1. The maximum absolute atomic E-state index is 5.65. The molecule has 0 radical (unpaired) electrons. The first-order valence-corrected chi connectivity index (χ1v) is 7.99. The first-order chi connectivity index (χ1) is 9.63. The Morgan fingerprint density at radius 1 is 1.10 bits per heavy atom. The molecule has 20 heavy (non-hydrogen) atoms. The fourth-order valence-corrected chi connectivity index (χ4v) is 2.67. The summed E-state index contributed by atoms with van der Waals surface area (Å²) in [6.07, 6.45) is 2.82. The van der Waals surface area contributed by atoms with Crippen LogP contribution in [0, 0.1) is 0 Å².